The van der Waals surface area contributed by atoms with Crippen LogP contribution >= 0.6 is 23.2 Å². The number of benzene rings is 1. The molecular weight excluding hydrogens is 375 g/mol. The van der Waals surface area contributed by atoms with Gasteiger partial charge in [-0.3, -0.25) is 4.79 Å². The van der Waals surface area contributed by atoms with Crippen LogP contribution in [0, 0.1) is 5.92 Å². The molecule has 1 aliphatic heterocycles. The first-order valence-corrected chi connectivity index (χ1v) is 9.69. The zero-order valence-corrected chi connectivity index (χ0v) is 15.8. The highest BCUT2D eigenvalue weighted by molar-refractivity contribution is 6.35. The smallest absolute Gasteiger partial charge is 0.324 e. The van der Waals surface area contributed by atoms with Crippen molar-refractivity contribution in [1.82, 2.24) is 15.0 Å². The molecule has 1 saturated carbocycles. The fourth-order valence-electron chi connectivity index (χ4n) is 3.69. The number of carbonyl (C=O) groups is 1. The lowest BCUT2D eigenvalue weighted by Crippen LogP contribution is -2.50. The van der Waals surface area contributed by atoms with Crippen LogP contribution in [-0.4, -0.2) is 47.1 Å². The standard InChI is InChI=1S/C18H20Cl2N4O2/c19-14-9-13(10-15(20)11-14)16-21-18(26-22-16)24-7-5-23(6-8-24)17(25)12-3-1-2-4-12/h9-12H,1-8H2. The lowest BCUT2D eigenvalue weighted by Gasteiger charge is -2.34. The van der Waals surface area contributed by atoms with E-state index in [4.69, 9.17) is 27.7 Å². The lowest BCUT2D eigenvalue weighted by molar-refractivity contribution is -0.135. The minimum absolute atomic E-state index is 0.226. The predicted octanol–water partition coefficient (Wildman–Crippen LogP) is 3.88. The monoisotopic (exact) mass is 394 g/mol. The second kappa shape index (κ2) is 7.45. The van der Waals surface area contributed by atoms with Gasteiger partial charge in [0.15, 0.2) is 0 Å². The van der Waals surface area contributed by atoms with Gasteiger partial charge in [-0.2, -0.15) is 4.98 Å². The second-order valence-electron chi connectivity index (χ2n) is 6.85. The minimum Gasteiger partial charge on any atom is -0.339 e. The molecule has 0 spiro atoms. The Bertz CT molecular complexity index is 776. The van der Waals surface area contributed by atoms with Gasteiger partial charge < -0.3 is 14.3 Å². The summed E-state index contributed by atoms with van der Waals surface area (Å²) in [6, 6.07) is 5.62. The highest BCUT2D eigenvalue weighted by Crippen LogP contribution is 2.29. The lowest BCUT2D eigenvalue weighted by atomic mass is 10.1. The van der Waals surface area contributed by atoms with Gasteiger partial charge in [-0.15, -0.1) is 0 Å². The zero-order chi connectivity index (χ0) is 18.1. The highest BCUT2D eigenvalue weighted by Gasteiger charge is 2.30. The number of hydrogen-bond acceptors (Lipinski definition) is 5. The van der Waals surface area contributed by atoms with Crippen molar-refractivity contribution in [2.75, 3.05) is 31.1 Å². The van der Waals surface area contributed by atoms with Crippen molar-refractivity contribution in [3.8, 4) is 11.4 Å². The van der Waals surface area contributed by atoms with E-state index in [-0.39, 0.29) is 5.92 Å². The largest absolute Gasteiger partial charge is 0.339 e. The van der Waals surface area contributed by atoms with Gasteiger partial charge in [0.05, 0.1) is 0 Å². The molecular formula is C18H20Cl2N4O2. The summed E-state index contributed by atoms with van der Waals surface area (Å²) >= 11 is 12.1. The maximum absolute atomic E-state index is 12.5. The van der Waals surface area contributed by atoms with Crippen LogP contribution < -0.4 is 4.90 Å². The average Bonchev–Trinajstić information content (AvgIpc) is 3.32. The Balaban J connectivity index is 1.40. The molecule has 1 aromatic heterocycles. The molecule has 1 saturated heterocycles. The Labute approximate surface area is 162 Å². The van der Waals surface area contributed by atoms with Crippen LogP contribution in [0.25, 0.3) is 11.4 Å². The van der Waals surface area contributed by atoms with E-state index in [2.05, 4.69) is 10.1 Å². The van der Waals surface area contributed by atoms with Crippen molar-refractivity contribution >= 4 is 35.1 Å². The molecule has 1 amide bonds. The molecule has 4 rings (SSSR count). The van der Waals surface area contributed by atoms with Crippen LogP contribution in [0.15, 0.2) is 22.7 Å². The van der Waals surface area contributed by atoms with Crippen LogP contribution in [0.5, 0.6) is 0 Å². The first-order chi connectivity index (χ1) is 12.6. The van der Waals surface area contributed by atoms with Crippen molar-refractivity contribution in [1.29, 1.82) is 0 Å². The summed E-state index contributed by atoms with van der Waals surface area (Å²) in [4.78, 5) is 21.0. The first kappa shape index (κ1) is 17.6. The van der Waals surface area contributed by atoms with Crippen LogP contribution in [0.3, 0.4) is 0 Å². The molecule has 138 valence electrons. The maximum atomic E-state index is 12.5. The molecule has 0 atom stereocenters. The Morgan fingerprint density at radius 3 is 2.35 bits per heavy atom. The van der Waals surface area contributed by atoms with E-state index in [0.29, 0.717) is 59.5 Å². The summed E-state index contributed by atoms with van der Waals surface area (Å²) in [7, 11) is 0. The third kappa shape index (κ3) is 3.67. The predicted molar refractivity (Wildman–Crippen MR) is 101 cm³/mol. The van der Waals surface area contributed by atoms with E-state index >= 15 is 0 Å². The number of anilines is 1. The molecule has 8 heteroatoms. The number of aromatic nitrogens is 2. The van der Waals surface area contributed by atoms with Crippen molar-refractivity contribution in [2.24, 2.45) is 5.92 Å². The minimum atomic E-state index is 0.226. The second-order valence-corrected chi connectivity index (χ2v) is 7.73. The number of rotatable bonds is 3. The normalized spacial score (nSPS) is 18.5. The van der Waals surface area contributed by atoms with E-state index in [9.17, 15) is 4.79 Å². The Morgan fingerprint density at radius 2 is 1.69 bits per heavy atom. The van der Waals surface area contributed by atoms with E-state index in [1.807, 2.05) is 9.80 Å². The van der Waals surface area contributed by atoms with Crippen LogP contribution in [0.1, 0.15) is 25.7 Å². The molecule has 1 aliphatic carbocycles. The summed E-state index contributed by atoms with van der Waals surface area (Å²) in [5.41, 5.74) is 0.715. The third-order valence-corrected chi connectivity index (χ3v) is 5.54. The molecule has 1 aromatic carbocycles. The number of piperazine rings is 1. The van der Waals surface area contributed by atoms with Gasteiger partial charge in [0.1, 0.15) is 0 Å². The summed E-state index contributed by atoms with van der Waals surface area (Å²) < 4.78 is 5.41. The maximum Gasteiger partial charge on any atom is 0.324 e. The average molecular weight is 395 g/mol. The third-order valence-electron chi connectivity index (χ3n) is 5.10. The van der Waals surface area contributed by atoms with Gasteiger partial charge in [-0.1, -0.05) is 41.2 Å². The van der Waals surface area contributed by atoms with E-state index in [1.165, 1.54) is 12.8 Å². The summed E-state index contributed by atoms with van der Waals surface area (Å²) in [5, 5.41) is 5.09. The van der Waals surface area contributed by atoms with Gasteiger partial charge in [0.2, 0.25) is 11.7 Å². The van der Waals surface area contributed by atoms with Gasteiger partial charge in [0.25, 0.3) is 0 Å². The SMILES string of the molecule is O=C(C1CCCC1)N1CCN(c2nc(-c3cc(Cl)cc(Cl)c3)no2)CC1. The summed E-state index contributed by atoms with van der Waals surface area (Å²) in [6.07, 6.45) is 4.42. The zero-order valence-electron chi connectivity index (χ0n) is 14.3. The molecule has 0 bridgehead atoms. The Morgan fingerprint density at radius 1 is 1.04 bits per heavy atom. The molecule has 0 radical (unpaired) electrons. The molecule has 2 heterocycles. The van der Waals surface area contributed by atoms with E-state index < -0.39 is 0 Å². The number of nitrogens with zero attached hydrogens (tertiary/aromatic N) is 4. The van der Waals surface area contributed by atoms with Gasteiger partial charge in [-0.25, -0.2) is 0 Å². The molecule has 2 fully saturated rings. The quantitative estimate of drug-likeness (QED) is 0.789. The Hall–Kier alpha value is -1.79. The molecule has 6 nitrogen and oxygen atoms in total. The molecule has 2 aliphatic rings. The summed E-state index contributed by atoms with van der Waals surface area (Å²) in [5.74, 6) is 0.986. The topological polar surface area (TPSA) is 62.5 Å². The number of hydrogen-bond donors (Lipinski definition) is 0. The molecule has 0 unspecified atom stereocenters. The fraction of sp³-hybridized carbons (Fsp3) is 0.500. The van der Waals surface area contributed by atoms with E-state index in [1.54, 1.807) is 18.2 Å². The van der Waals surface area contributed by atoms with Crippen molar-refractivity contribution in [3.05, 3.63) is 28.2 Å². The first-order valence-electron chi connectivity index (χ1n) is 8.94. The Kier molecular flexibility index (Phi) is 5.05. The van der Waals surface area contributed by atoms with E-state index in [0.717, 1.165) is 12.8 Å². The fourth-order valence-corrected chi connectivity index (χ4v) is 4.22. The molecule has 26 heavy (non-hydrogen) atoms. The highest BCUT2D eigenvalue weighted by atomic mass is 35.5. The van der Waals surface area contributed by atoms with Gasteiger partial charge in [0, 0.05) is 47.7 Å². The number of amides is 1. The summed E-state index contributed by atoms with van der Waals surface area (Å²) in [6.45, 7) is 2.76. The number of carbonyl (C=O) groups excluding carboxylic acids is 1. The molecule has 2 aromatic rings. The van der Waals surface area contributed by atoms with Crippen LogP contribution in [0.4, 0.5) is 6.01 Å². The van der Waals surface area contributed by atoms with Crippen LogP contribution in [0.2, 0.25) is 10.0 Å². The van der Waals surface area contributed by atoms with Crippen LogP contribution in [-0.2, 0) is 4.79 Å². The van der Waals surface area contributed by atoms with Gasteiger partial charge >= 0.3 is 6.01 Å². The van der Waals surface area contributed by atoms with Crippen molar-refractivity contribution in [3.63, 3.8) is 0 Å². The van der Waals surface area contributed by atoms with Crippen molar-refractivity contribution < 1.29 is 9.32 Å². The van der Waals surface area contributed by atoms with Crippen molar-refractivity contribution in [2.45, 2.75) is 25.7 Å². The molecule has 0 N–H and O–H groups in total. The van der Waals surface area contributed by atoms with Gasteiger partial charge in [-0.05, 0) is 31.0 Å². The number of halogens is 2.